The Morgan fingerprint density at radius 2 is 2.05 bits per heavy atom. The monoisotopic (exact) mass is 283 g/mol. The average molecular weight is 283 g/mol. The van der Waals surface area contributed by atoms with E-state index in [1.54, 1.807) is 0 Å². The highest BCUT2D eigenvalue weighted by Gasteiger charge is 2.14. The molecule has 0 radical (unpaired) electrons. The van der Waals surface area contributed by atoms with Crippen molar-refractivity contribution in [2.75, 3.05) is 25.0 Å². The van der Waals surface area contributed by atoms with E-state index < -0.39 is 0 Å². The number of hydrogen-bond acceptors (Lipinski definition) is 2. The Labute approximate surface area is 124 Å². The van der Waals surface area contributed by atoms with E-state index >= 15 is 0 Å². The number of fused-ring (bicyclic) bond motifs is 1. The van der Waals surface area contributed by atoms with Gasteiger partial charge in [-0.05, 0) is 43.3 Å². The topological polar surface area (TPSA) is 53.2 Å². The van der Waals surface area contributed by atoms with Crippen LogP contribution in [-0.2, 0) is 0 Å². The molecule has 2 aromatic carbocycles. The third-order valence-corrected chi connectivity index (χ3v) is 3.99. The van der Waals surface area contributed by atoms with Gasteiger partial charge in [0, 0.05) is 11.9 Å². The molecule has 0 bridgehead atoms. The van der Waals surface area contributed by atoms with Crippen LogP contribution in [0.15, 0.2) is 42.5 Å². The fourth-order valence-corrected chi connectivity index (χ4v) is 2.84. The first-order valence-corrected chi connectivity index (χ1v) is 7.56. The molecule has 3 N–H and O–H groups in total. The van der Waals surface area contributed by atoms with Crippen LogP contribution in [0.1, 0.15) is 12.8 Å². The van der Waals surface area contributed by atoms with Crippen LogP contribution in [0.2, 0.25) is 0 Å². The molecule has 0 aromatic heterocycles. The highest BCUT2D eigenvalue weighted by Crippen LogP contribution is 2.22. The van der Waals surface area contributed by atoms with Crippen LogP contribution in [0.25, 0.3) is 10.8 Å². The number of hydrogen-bond donors (Lipinski definition) is 3. The molecule has 4 heteroatoms. The van der Waals surface area contributed by atoms with Crippen molar-refractivity contribution in [3.8, 4) is 0 Å². The molecule has 0 saturated carbocycles. The lowest BCUT2D eigenvalue weighted by atomic mass is 10.00. The van der Waals surface area contributed by atoms with Crippen LogP contribution < -0.4 is 16.0 Å². The van der Waals surface area contributed by atoms with Crippen LogP contribution >= 0.6 is 0 Å². The molecule has 1 heterocycles. The van der Waals surface area contributed by atoms with E-state index in [0.29, 0.717) is 5.92 Å². The van der Waals surface area contributed by atoms with Crippen molar-refractivity contribution in [1.82, 2.24) is 10.6 Å². The number of urea groups is 1. The quantitative estimate of drug-likeness (QED) is 0.811. The van der Waals surface area contributed by atoms with E-state index in [4.69, 9.17) is 0 Å². The zero-order chi connectivity index (χ0) is 14.5. The van der Waals surface area contributed by atoms with Gasteiger partial charge in [-0.25, -0.2) is 4.79 Å². The van der Waals surface area contributed by atoms with Crippen LogP contribution in [0, 0.1) is 5.92 Å². The molecule has 2 aromatic rings. The minimum absolute atomic E-state index is 0.128. The number of nitrogens with one attached hydrogen (secondary N) is 3. The summed E-state index contributed by atoms with van der Waals surface area (Å²) >= 11 is 0. The first-order chi connectivity index (χ1) is 10.3. The van der Waals surface area contributed by atoms with Crippen molar-refractivity contribution in [1.29, 1.82) is 0 Å². The van der Waals surface area contributed by atoms with Crippen molar-refractivity contribution < 1.29 is 4.79 Å². The third kappa shape index (κ3) is 3.52. The first kappa shape index (κ1) is 13.9. The summed E-state index contributed by atoms with van der Waals surface area (Å²) in [6, 6.07) is 13.9. The normalized spacial score (nSPS) is 18.4. The van der Waals surface area contributed by atoms with Gasteiger partial charge in [0.25, 0.3) is 0 Å². The van der Waals surface area contributed by atoms with Crippen molar-refractivity contribution >= 4 is 22.5 Å². The second-order valence-electron chi connectivity index (χ2n) is 5.57. The molecule has 1 fully saturated rings. The SMILES string of the molecule is O=C(NCC1CCCNC1)Nc1cccc2ccccc12. The zero-order valence-corrected chi connectivity index (χ0v) is 12.1. The minimum Gasteiger partial charge on any atom is -0.338 e. The molecule has 0 spiro atoms. The lowest BCUT2D eigenvalue weighted by Crippen LogP contribution is -2.39. The summed E-state index contributed by atoms with van der Waals surface area (Å²) in [6.07, 6.45) is 2.37. The molecule has 21 heavy (non-hydrogen) atoms. The van der Waals surface area contributed by atoms with Crippen LogP contribution in [0.3, 0.4) is 0 Å². The Morgan fingerprint density at radius 1 is 1.19 bits per heavy atom. The molecule has 2 amide bonds. The van der Waals surface area contributed by atoms with E-state index in [1.165, 1.54) is 12.8 Å². The first-order valence-electron chi connectivity index (χ1n) is 7.56. The van der Waals surface area contributed by atoms with Gasteiger partial charge in [0.15, 0.2) is 0 Å². The summed E-state index contributed by atoms with van der Waals surface area (Å²) in [5, 5.41) is 11.5. The summed E-state index contributed by atoms with van der Waals surface area (Å²) in [4.78, 5) is 12.1. The fourth-order valence-electron chi connectivity index (χ4n) is 2.84. The zero-order valence-electron chi connectivity index (χ0n) is 12.1. The van der Waals surface area contributed by atoms with Crippen LogP contribution in [-0.4, -0.2) is 25.7 Å². The van der Waals surface area contributed by atoms with Crippen molar-refractivity contribution in [3.63, 3.8) is 0 Å². The highest BCUT2D eigenvalue weighted by atomic mass is 16.2. The summed E-state index contributed by atoms with van der Waals surface area (Å²) in [5.74, 6) is 0.539. The van der Waals surface area contributed by atoms with E-state index in [2.05, 4.69) is 16.0 Å². The average Bonchev–Trinajstić information content (AvgIpc) is 2.54. The smallest absolute Gasteiger partial charge is 0.319 e. The molecule has 4 nitrogen and oxygen atoms in total. The van der Waals surface area contributed by atoms with Gasteiger partial charge in [0.1, 0.15) is 0 Å². The number of carbonyl (C=O) groups is 1. The molecule has 1 saturated heterocycles. The summed E-state index contributed by atoms with van der Waals surface area (Å²) < 4.78 is 0. The Kier molecular flexibility index (Phi) is 4.36. The van der Waals surface area contributed by atoms with Gasteiger partial charge in [-0.2, -0.15) is 0 Å². The summed E-state index contributed by atoms with van der Waals surface area (Å²) in [5.41, 5.74) is 0.854. The van der Waals surface area contributed by atoms with Gasteiger partial charge in [-0.1, -0.05) is 36.4 Å². The predicted octanol–water partition coefficient (Wildman–Crippen LogP) is 2.96. The number of amides is 2. The molecule has 0 aliphatic carbocycles. The van der Waals surface area contributed by atoms with E-state index in [9.17, 15) is 4.79 Å². The van der Waals surface area contributed by atoms with E-state index in [-0.39, 0.29) is 6.03 Å². The molecule has 3 rings (SSSR count). The van der Waals surface area contributed by atoms with Crippen molar-refractivity contribution in [2.24, 2.45) is 5.92 Å². The molecule has 1 aliphatic heterocycles. The number of anilines is 1. The van der Waals surface area contributed by atoms with E-state index in [1.807, 2.05) is 42.5 Å². The van der Waals surface area contributed by atoms with Gasteiger partial charge >= 0.3 is 6.03 Å². The molecule has 110 valence electrons. The highest BCUT2D eigenvalue weighted by molar-refractivity contribution is 6.01. The molecule has 1 atom stereocenters. The molecular weight excluding hydrogens is 262 g/mol. The number of carbonyl (C=O) groups excluding carboxylic acids is 1. The summed E-state index contributed by atoms with van der Waals surface area (Å²) in [6.45, 7) is 2.82. The van der Waals surface area contributed by atoms with Crippen LogP contribution in [0.5, 0.6) is 0 Å². The van der Waals surface area contributed by atoms with Gasteiger partial charge < -0.3 is 16.0 Å². The Bertz CT molecular complexity index is 615. The van der Waals surface area contributed by atoms with Gasteiger partial charge in [-0.3, -0.25) is 0 Å². The molecular formula is C17H21N3O. The molecule has 1 unspecified atom stereocenters. The standard InChI is InChI=1S/C17H21N3O/c21-17(19-12-13-5-4-10-18-11-13)20-16-9-3-7-14-6-1-2-8-15(14)16/h1-3,6-9,13,18H,4-5,10-12H2,(H2,19,20,21). The molecule has 1 aliphatic rings. The Hall–Kier alpha value is -2.07. The Morgan fingerprint density at radius 3 is 2.90 bits per heavy atom. The second-order valence-corrected chi connectivity index (χ2v) is 5.57. The minimum atomic E-state index is -0.128. The second kappa shape index (κ2) is 6.59. The maximum atomic E-state index is 12.1. The number of piperidine rings is 1. The van der Waals surface area contributed by atoms with Gasteiger partial charge in [0.05, 0.1) is 5.69 Å². The predicted molar refractivity (Wildman–Crippen MR) is 86.6 cm³/mol. The third-order valence-electron chi connectivity index (χ3n) is 3.99. The van der Waals surface area contributed by atoms with Gasteiger partial charge in [0.2, 0.25) is 0 Å². The fraction of sp³-hybridized carbons (Fsp3) is 0.353. The van der Waals surface area contributed by atoms with Crippen molar-refractivity contribution in [3.05, 3.63) is 42.5 Å². The summed E-state index contributed by atoms with van der Waals surface area (Å²) in [7, 11) is 0. The largest absolute Gasteiger partial charge is 0.338 e. The maximum Gasteiger partial charge on any atom is 0.319 e. The Balaban J connectivity index is 1.61. The number of rotatable bonds is 3. The lowest BCUT2D eigenvalue weighted by Gasteiger charge is -2.23. The van der Waals surface area contributed by atoms with Gasteiger partial charge in [-0.15, -0.1) is 0 Å². The number of benzene rings is 2. The lowest BCUT2D eigenvalue weighted by molar-refractivity contribution is 0.248. The maximum absolute atomic E-state index is 12.1. The van der Waals surface area contributed by atoms with E-state index in [0.717, 1.165) is 36.1 Å². The van der Waals surface area contributed by atoms with Crippen molar-refractivity contribution in [2.45, 2.75) is 12.8 Å². The van der Waals surface area contributed by atoms with Crippen LogP contribution in [0.4, 0.5) is 10.5 Å².